The fraction of sp³-hybridized carbons (Fsp3) is 0.0789. The van der Waals surface area contributed by atoms with E-state index >= 15 is 0 Å². The molecule has 0 spiro atoms. The summed E-state index contributed by atoms with van der Waals surface area (Å²) < 4.78 is 30.5. The van der Waals surface area contributed by atoms with Crippen molar-refractivity contribution in [1.82, 2.24) is 0 Å². The molecule has 1 atom stereocenters. The molecule has 0 radical (unpaired) electrons. The van der Waals surface area contributed by atoms with Crippen molar-refractivity contribution in [3.63, 3.8) is 0 Å². The predicted octanol–water partition coefficient (Wildman–Crippen LogP) is 11.8. The van der Waals surface area contributed by atoms with Gasteiger partial charge in [-0.15, -0.1) is 0 Å². The smallest absolute Gasteiger partial charge is 0.349 e. The number of hydrogen-bond donors (Lipinski definition) is 0. The maximum Gasteiger partial charge on any atom is 0.349 e. The van der Waals surface area contributed by atoms with E-state index in [1.807, 2.05) is 61.5 Å². The number of carbonyl (C=O) groups excluding carboxylic acids is 1. The highest BCUT2D eigenvalue weighted by Gasteiger charge is 2.30. The molecule has 9 heteroatoms. The summed E-state index contributed by atoms with van der Waals surface area (Å²) >= 11 is 20.0. The quantitative estimate of drug-likeness (QED) is 0.106. The van der Waals surface area contributed by atoms with Crippen LogP contribution in [0, 0.1) is 0 Å². The lowest BCUT2D eigenvalue weighted by atomic mass is 10.1. The first-order valence-electron chi connectivity index (χ1n) is 14.5. The molecule has 0 aliphatic rings. The Bertz CT molecular complexity index is 2060. The van der Waals surface area contributed by atoms with Crippen LogP contribution in [-0.2, 0) is 0 Å². The third-order valence-corrected chi connectivity index (χ3v) is 8.22. The Morgan fingerprint density at radius 3 is 1.85 bits per heavy atom. The van der Waals surface area contributed by atoms with E-state index in [-0.39, 0.29) is 39.3 Å². The SMILES string of the molecule is COc1ccc(C(C)Oc2cc(Cl)c(C(=O)Oc3cccc4ccccc34)c(Oc3ccccc3Cl)c2Oc2ccccc2Cl)cc1. The van der Waals surface area contributed by atoms with Crippen LogP contribution in [0.15, 0.2) is 121 Å². The van der Waals surface area contributed by atoms with Crippen molar-refractivity contribution in [2.45, 2.75) is 13.0 Å². The fourth-order valence-corrected chi connectivity index (χ4v) is 5.51. The molecule has 236 valence electrons. The van der Waals surface area contributed by atoms with Gasteiger partial charge in [0, 0.05) is 11.5 Å². The lowest BCUT2D eigenvalue weighted by Crippen LogP contribution is -2.13. The highest BCUT2D eigenvalue weighted by molar-refractivity contribution is 6.34. The Hall–Kier alpha value is -4.88. The summed E-state index contributed by atoms with van der Waals surface area (Å²) in [4.78, 5) is 14.1. The van der Waals surface area contributed by atoms with Gasteiger partial charge in [0.2, 0.25) is 5.75 Å². The Morgan fingerprint density at radius 1 is 0.617 bits per heavy atom. The number of fused-ring (bicyclic) bond motifs is 1. The topological polar surface area (TPSA) is 63.2 Å². The van der Waals surface area contributed by atoms with E-state index < -0.39 is 12.1 Å². The number of rotatable bonds is 10. The van der Waals surface area contributed by atoms with E-state index in [1.54, 1.807) is 67.8 Å². The molecule has 0 fully saturated rings. The summed E-state index contributed by atoms with van der Waals surface area (Å²) in [6.45, 7) is 1.87. The van der Waals surface area contributed by atoms with Crippen molar-refractivity contribution in [2.24, 2.45) is 0 Å². The third kappa shape index (κ3) is 7.10. The first-order chi connectivity index (χ1) is 22.8. The number of ether oxygens (including phenoxy) is 5. The third-order valence-electron chi connectivity index (χ3n) is 7.30. The van der Waals surface area contributed by atoms with Crippen molar-refractivity contribution in [3.8, 4) is 40.2 Å². The lowest BCUT2D eigenvalue weighted by molar-refractivity contribution is 0.0734. The van der Waals surface area contributed by atoms with Crippen molar-refractivity contribution in [2.75, 3.05) is 7.11 Å². The number of esters is 1. The number of halogens is 3. The molecule has 0 aromatic heterocycles. The molecule has 6 aromatic rings. The molecule has 0 aliphatic heterocycles. The van der Waals surface area contributed by atoms with E-state index in [2.05, 4.69) is 0 Å². The van der Waals surface area contributed by atoms with Crippen LogP contribution in [0.4, 0.5) is 0 Å². The number of hydrogen-bond acceptors (Lipinski definition) is 6. The zero-order chi connectivity index (χ0) is 32.9. The molecule has 47 heavy (non-hydrogen) atoms. The largest absolute Gasteiger partial charge is 0.497 e. The van der Waals surface area contributed by atoms with Crippen LogP contribution in [-0.4, -0.2) is 13.1 Å². The Morgan fingerprint density at radius 2 is 1.19 bits per heavy atom. The van der Waals surface area contributed by atoms with E-state index in [0.717, 1.165) is 16.3 Å². The zero-order valence-electron chi connectivity index (χ0n) is 25.2. The Balaban J connectivity index is 1.51. The van der Waals surface area contributed by atoms with Gasteiger partial charge in [0.1, 0.15) is 34.7 Å². The summed E-state index contributed by atoms with van der Waals surface area (Å²) in [5.74, 6) is 0.935. The van der Waals surface area contributed by atoms with Gasteiger partial charge in [-0.1, -0.05) is 108 Å². The number of para-hydroxylation sites is 2. The summed E-state index contributed by atoms with van der Waals surface area (Å²) in [6.07, 6.45) is -0.493. The van der Waals surface area contributed by atoms with Gasteiger partial charge in [0.05, 0.1) is 22.2 Å². The Labute approximate surface area is 286 Å². The van der Waals surface area contributed by atoms with E-state index in [0.29, 0.717) is 21.5 Å². The molecule has 0 saturated heterocycles. The molecule has 0 heterocycles. The normalized spacial score (nSPS) is 11.5. The number of methoxy groups -OCH3 is 1. The first kappa shape index (κ1) is 32.1. The van der Waals surface area contributed by atoms with Crippen LogP contribution < -0.4 is 23.7 Å². The van der Waals surface area contributed by atoms with Crippen LogP contribution in [0.2, 0.25) is 15.1 Å². The average Bonchev–Trinajstić information content (AvgIpc) is 3.08. The maximum absolute atomic E-state index is 14.1. The van der Waals surface area contributed by atoms with Crippen molar-refractivity contribution in [3.05, 3.63) is 148 Å². The number of benzene rings is 6. The van der Waals surface area contributed by atoms with Crippen LogP contribution in [0.5, 0.6) is 40.2 Å². The monoisotopic (exact) mass is 684 g/mol. The second kappa shape index (κ2) is 14.3. The minimum absolute atomic E-state index is 0.000676. The average molecular weight is 686 g/mol. The molecule has 0 aliphatic carbocycles. The fourth-order valence-electron chi connectivity index (χ4n) is 4.90. The standard InChI is InChI=1S/C38H27Cl3O6/c1-23(24-18-20-26(43-2)21-19-24)44-34-22-30(41)35(38(42)47-31-17-9-11-25-10-3-4-12-27(25)31)37(46-33-16-8-6-14-29(33)40)36(34)45-32-15-7-5-13-28(32)39/h3-23H,1-2H3. The molecule has 1 unspecified atom stereocenters. The Kier molecular flexibility index (Phi) is 9.73. The van der Waals surface area contributed by atoms with Crippen molar-refractivity contribution in [1.29, 1.82) is 0 Å². The molecular formula is C38H27Cl3O6. The van der Waals surface area contributed by atoms with Gasteiger partial charge >= 0.3 is 5.97 Å². The molecule has 0 saturated carbocycles. The van der Waals surface area contributed by atoms with E-state index in [4.69, 9.17) is 58.5 Å². The minimum Gasteiger partial charge on any atom is -0.497 e. The minimum atomic E-state index is -0.785. The molecule has 0 bridgehead atoms. The summed E-state index contributed by atoms with van der Waals surface area (Å²) in [7, 11) is 1.60. The van der Waals surface area contributed by atoms with Gasteiger partial charge in [-0.3, -0.25) is 0 Å². The van der Waals surface area contributed by atoms with Crippen molar-refractivity contribution >= 4 is 51.5 Å². The second-order valence-electron chi connectivity index (χ2n) is 10.4. The second-order valence-corrected chi connectivity index (χ2v) is 11.6. The van der Waals surface area contributed by atoms with Crippen molar-refractivity contribution < 1.29 is 28.5 Å². The molecule has 0 amide bonds. The van der Waals surface area contributed by atoms with Crippen LogP contribution in [0.3, 0.4) is 0 Å². The van der Waals surface area contributed by atoms with Gasteiger partial charge in [-0.25, -0.2) is 4.79 Å². The van der Waals surface area contributed by atoms with Gasteiger partial charge in [0.15, 0.2) is 11.5 Å². The predicted molar refractivity (Wildman–Crippen MR) is 185 cm³/mol. The molecule has 0 N–H and O–H groups in total. The first-order valence-corrected chi connectivity index (χ1v) is 15.7. The van der Waals surface area contributed by atoms with Crippen LogP contribution in [0.25, 0.3) is 10.8 Å². The summed E-state index contributed by atoms with van der Waals surface area (Å²) in [6, 6.07) is 35.7. The number of carbonyl (C=O) groups is 1. The van der Waals surface area contributed by atoms with Gasteiger partial charge < -0.3 is 23.7 Å². The highest BCUT2D eigenvalue weighted by Crippen LogP contribution is 2.50. The molecule has 6 rings (SSSR count). The van der Waals surface area contributed by atoms with Crippen LogP contribution >= 0.6 is 34.8 Å². The zero-order valence-corrected chi connectivity index (χ0v) is 27.5. The highest BCUT2D eigenvalue weighted by atomic mass is 35.5. The summed E-state index contributed by atoms with van der Waals surface area (Å²) in [5, 5.41) is 2.25. The maximum atomic E-state index is 14.1. The molecular weight excluding hydrogens is 659 g/mol. The van der Waals surface area contributed by atoms with Gasteiger partial charge in [-0.2, -0.15) is 0 Å². The van der Waals surface area contributed by atoms with E-state index in [9.17, 15) is 4.79 Å². The van der Waals surface area contributed by atoms with Crippen LogP contribution in [0.1, 0.15) is 28.9 Å². The van der Waals surface area contributed by atoms with E-state index in [1.165, 1.54) is 6.07 Å². The molecule has 6 aromatic carbocycles. The summed E-state index contributed by atoms with van der Waals surface area (Å²) in [5.41, 5.74) is 0.740. The lowest BCUT2D eigenvalue weighted by Gasteiger charge is -2.23. The van der Waals surface area contributed by atoms with Gasteiger partial charge in [-0.05, 0) is 60.3 Å². The molecule has 6 nitrogen and oxygen atoms in total. The van der Waals surface area contributed by atoms with Gasteiger partial charge in [0.25, 0.3) is 0 Å².